The third-order valence-electron chi connectivity index (χ3n) is 5.20. The van der Waals surface area contributed by atoms with Crippen LogP contribution in [0.25, 0.3) is 11.1 Å². The number of rotatable bonds is 3. The fourth-order valence-corrected chi connectivity index (χ4v) is 3.76. The van der Waals surface area contributed by atoms with Crippen molar-refractivity contribution in [3.8, 4) is 11.1 Å². The lowest BCUT2D eigenvalue weighted by Crippen LogP contribution is -2.38. The molecule has 0 atom stereocenters. The molecule has 0 aliphatic carbocycles. The monoisotopic (exact) mass is 342 g/mol. The molecule has 0 unspecified atom stereocenters. The lowest BCUT2D eigenvalue weighted by Gasteiger charge is -2.32. The van der Waals surface area contributed by atoms with E-state index in [9.17, 15) is 4.79 Å². The van der Waals surface area contributed by atoms with E-state index in [1.807, 2.05) is 59.8 Å². The average Bonchev–Trinajstić information content (AvgIpc) is 2.75. The summed E-state index contributed by atoms with van der Waals surface area (Å²) in [6.45, 7) is 1.60. The van der Waals surface area contributed by atoms with E-state index in [2.05, 4.69) is 29.2 Å². The molecule has 26 heavy (non-hydrogen) atoms. The Labute approximate surface area is 154 Å². The Kier molecular flexibility index (Phi) is 4.78. The van der Waals surface area contributed by atoms with Crippen LogP contribution in [0, 0.1) is 0 Å². The van der Waals surface area contributed by atoms with Gasteiger partial charge in [-0.3, -0.25) is 9.78 Å². The predicted molar refractivity (Wildman–Crippen MR) is 104 cm³/mol. The minimum Gasteiger partial charge on any atom is -0.339 e. The minimum atomic E-state index is 0.137. The van der Waals surface area contributed by atoms with E-state index in [4.69, 9.17) is 0 Å². The lowest BCUT2D eigenvalue weighted by molar-refractivity contribution is 0.0714. The molecular weight excluding hydrogens is 320 g/mol. The number of carbonyl (C=O) groups excluding carboxylic acids is 1. The molecule has 3 heteroatoms. The van der Waals surface area contributed by atoms with Crippen LogP contribution >= 0.6 is 0 Å². The van der Waals surface area contributed by atoms with Crippen LogP contribution in [-0.2, 0) is 0 Å². The smallest absolute Gasteiger partial charge is 0.254 e. The van der Waals surface area contributed by atoms with Gasteiger partial charge < -0.3 is 4.90 Å². The highest BCUT2D eigenvalue weighted by molar-refractivity contribution is 6.00. The van der Waals surface area contributed by atoms with E-state index in [0.717, 1.165) is 42.6 Å². The highest BCUT2D eigenvalue weighted by Gasteiger charge is 2.25. The van der Waals surface area contributed by atoms with Crippen LogP contribution in [0.2, 0.25) is 0 Å². The molecule has 3 aromatic rings. The van der Waals surface area contributed by atoms with Crippen molar-refractivity contribution in [2.24, 2.45) is 0 Å². The van der Waals surface area contributed by atoms with Crippen molar-refractivity contribution in [2.75, 3.05) is 13.1 Å². The van der Waals surface area contributed by atoms with Crippen molar-refractivity contribution in [3.63, 3.8) is 0 Å². The van der Waals surface area contributed by atoms with Crippen LogP contribution in [0.5, 0.6) is 0 Å². The maximum absolute atomic E-state index is 13.2. The Morgan fingerprint density at radius 2 is 1.50 bits per heavy atom. The first kappa shape index (κ1) is 16.5. The molecule has 130 valence electrons. The van der Waals surface area contributed by atoms with Crippen LogP contribution in [0.1, 0.15) is 34.7 Å². The first-order valence-corrected chi connectivity index (χ1v) is 9.16. The second kappa shape index (κ2) is 7.52. The van der Waals surface area contributed by atoms with Crippen LogP contribution in [0.15, 0.2) is 79.1 Å². The zero-order valence-corrected chi connectivity index (χ0v) is 14.7. The van der Waals surface area contributed by atoms with Crippen molar-refractivity contribution in [1.29, 1.82) is 0 Å². The van der Waals surface area contributed by atoms with Gasteiger partial charge in [0.2, 0.25) is 0 Å². The molecule has 0 saturated carbocycles. The van der Waals surface area contributed by atoms with E-state index < -0.39 is 0 Å². The van der Waals surface area contributed by atoms with E-state index >= 15 is 0 Å². The van der Waals surface area contributed by atoms with Crippen LogP contribution in [0.3, 0.4) is 0 Å². The second-order valence-electron chi connectivity index (χ2n) is 6.76. The maximum atomic E-state index is 13.2. The fraction of sp³-hybridized carbons (Fsp3) is 0.217. The summed E-state index contributed by atoms with van der Waals surface area (Å²) in [7, 11) is 0. The molecule has 1 amide bonds. The van der Waals surface area contributed by atoms with Crippen molar-refractivity contribution >= 4 is 5.91 Å². The first-order chi connectivity index (χ1) is 12.8. The standard InChI is InChI=1S/C23H22N2O/c26-23(22-9-5-4-8-21(22)20-6-2-1-3-7-20)25-16-12-19(13-17-25)18-10-14-24-15-11-18/h1-11,14-15,19H,12-13,16-17H2. The number of benzene rings is 2. The molecule has 0 spiro atoms. The number of aromatic nitrogens is 1. The van der Waals surface area contributed by atoms with Gasteiger partial charge in [-0.2, -0.15) is 0 Å². The second-order valence-corrected chi connectivity index (χ2v) is 6.76. The Bertz CT molecular complexity index is 869. The SMILES string of the molecule is O=C(c1ccccc1-c1ccccc1)N1CCC(c2ccncc2)CC1. The first-order valence-electron chi connectivity index (χ1n) is 9.16. The van der Waals surface area contributed by atoms with Gasteiger partial charge in [-0.1, -0.05) is 48.5 Å². The summed E-state index contributed by atoms with van der Waals surface area (Å²) in [5, 5.41) is 0. The molecule has 2 aromatic carbocycles. The molecule has 0 N–H and O–H groups in total. The summed E-state index contributed by atoms with van der Waals surface area (Å²) in [6.07, 6.45) is 5.71. The Morgan fingerprint density at radius 1 is 0.846 bits per heavy atom. The van der Waals surface area contributed by atoms with Crippen molar-refractivity contribution < 1.29 is 4.79 Å². The molecule has 1 fully saturated rings. The Hall–Kier alpha value is -2.94. The molecule has 1 aliphatic heterocycles. The zero-order chi connectivity index (χ0) is 17.8. The number of likely N-dealkylation sites (tertiary alicyclic amines) is 1. The molecular formula is C23H22N2O. The minimum absolute atomic E-state index is 0.137. The third-order valence-corrected chi connectivity index (χ3v) is 5.20. The summed E-state index contributed by atoms with van der Waals surface area (Å²) in [5.41, 5.74) is 4.22. The van der Waals surface area contributed by atoms with Gasteiger partial charge in [0.05, 0.1) is 0 Å². The van der Waals surface area contributed by atoms with Gasteiger partial charge in [0.15, 0.2) is 0 Å². The molecule has 0 radical (unpaired) electrons. The molecule has 3 nitrogen and oxygen atoms in total. The number of piperidine rings is 1. The topological polar surface area (TPSA) is 33.2 Å². The van der Waals surface area contributed by atoms with Gasteiger partial charge in [0, 0.05) is 31.0 Å². The van der Waals surface area contributed by atoms with Crippen LogP contribution < -0.4 is 0 Å². The molecule has 0 bridgehead atoms. The van der Waals surface area contributed by atoms with Gasteiger partial charge >= 0.3 is 0 Å². The van der Waals surface area contributed by atoms with Crippen LogP contribution in [-0.4, -0.2) is 28.9 Å². The average molecular weight is 342 g/mol. The highest BCUT2D eigenvalue weighted by atomic mass is 16.2. The van der Waals surface area contributed by atoms with E-state index in [1.165, 1.54) is 5.56 Å². The summed E-state index contributed by atoms with van der Waals surface area (Å²) in [6, 6.07) is 22.2. The quantitative estimate of drug-likeness (QED) is 0.687. The Morgan fingerprint density at radius 3 is 2.23 bits per heavy atom. The van der Waals surface area contributed by atoms with Crippen molar-refractivity contribution in [3.05, 3.63) is 90.3 Å². The number of nitrogens with zero attached hydrogens (tertiary/aromatic N) is 2. The van der Waals surface area contributed by atoms with Gasteiger partial charge in [0.25, 0.3) is 5.91 Å². The number of pyridine rings is 1. The molecule has 1 aromatic heterocycles. The maximum Gasteiger partial charge on any atom is 0.254 e. The number of hydrogen-bond donors (Lipinski definition) is 0. The summed E-state index contributed by atoms with van der Waals surface area (Å²) in [5.74, 6) is 0.657. The number of amides is 1. The van der Waals surface area contributed by atoms with Gasteiger partial charge in [-0.05, 0) is 53.6 Å². The summed E-state index contributed by atoms with van der Waals surface area (Å²) >= 11 is 0. The van der Waals surface area contributed by atoms with E-state index in [-0.39, 0.29) is 5.91 Å². The molecule has 1 aliphatic rings. The van der Waals surface area contributed by atoms with Crippen molar-refractivity contribution in [2.45, 2.75) is 18.8 Å². The van der Waals surface area contributed by atoms with E-state index in [0.29, 0.717) is 5.92 Å². The summed E-state index contributed by atoms with van der Waals surface area (Å²) in [4.78, 5) is 19.2. The predicted octanol–water partition coefficient (Wildman–Crippen LogP) is 4.77. The van der Waals surface area contributed by atoms with Crippen LogP contribution in [0.4, 0.5) is 0 Å². The fourth-order valence-electron chi connectivity index (χ4n) is 3.76. The van der Waals surface area contributed by atoms with Gasteiger partial charge in [0.1, 0.15) is 0 Å². The molecule has 1 saturated heterocycles. The highest BCUT2D eigenvalue weighted by Crippen LogP contribution is 2.30. The zero-order valence-electron chi connectivity index (χ0n) is 14.7. The summed E-state index contributed by atoms with van der Waals surface area (Å²) < 4.78 is 0. The van der Waals surface area contributed by atoms with E-state index in [1.54, 1.807) is 0 Å². The number of carbonyl (C=O) groups is 1. The Balaban J connectivity index is 1.51. The largest absolute Gasteiger partial charge is 0.339 e. The molecule has 2 heterocycles. The normalized spacial score (nSPS) is 15.0. The molecule has 4 rings (SSSR count). The van der Waals surface area contributed by atoms with Crippen molar-refractivity contribution in [1.82, 2.24) is 9.88 Å². The third kappa shape index (κ3) is 3.38. The lowest BCUT2D eigenvalue weighted by atomic mass is 9.89. The number of hydrogen-bond acceptors (Lipinski definition) is 2. The van der Waals surface area contributed by atoms with Gasteiger partial charge in [-0.25, -0.2) is 0 Å². The van der Waals surface area contributed by atoms with Gasteiger partial charge in [-0.15, -0.1) is 0 Å².